The van der Waals surface area contributed by atoms with Crippen molar-refractivity contribution in [2.75, 3.05) is 13.1 Å². The largest absolute Gasteiger partial charge is 0.392 e. The number of aliphatic hydroxyl groups excluding tert-OH is 2. The highest BCUT2D eigenvalue weighted by Gasteiger charge is 2.21. The van der Waals surface area contributed by atoms with E-state index in [0.29, 0.717) is 11.3 Å². The average Bonchev–Trinajstić information content (AvgIpc) is 3.02. The van der Waals surface area contributed by atoms with Crippen molar-refractivity contribution in [2.24, 2.45) is 0 Å². The number of nitrogens with one attached hydrogen (secondary N) is 1. The minimum Gasteiger partial charge on any atom is -0.392 e. The van der Waals surface area contributed by atoms with E-state index >= 15 is 0 Å². The number of aliphatic hydroxyl groups is 2. The first-order valence-electron chi connectivity index (χ1n) is 7.73. The van der Waals surface area contributed by atoms with Crippen LogP contribution in [0.3, 0.4) is 0 Å². The van der Waals surface area contributed by atoms with Gasteiger partial charge in [-0.3, -0.25) is 20.0 Å². The highest BCUT2D eigenvalue weighted by atomic mass is 16.6. The Morgan fingerprint density at radius 2 is 1.80 bits per heavy atom. The van der Waals surface area contributed by atoms with E-state index in [4.69, 9.17) is 0 Å². The Hall–Kier alpha value is -2.78. The fourth-order valence-electron chi connectivity index (χ4n) is 2.38. The van der Waals surface area contributed by atoms with Gasteiger partial charge in [-0.25, -0.2) is 0 Å². The van der Waals surface area contributed by atoms with Gasteiger partial charge in [0, 0.05) is 30.8 Å². The third-order valence-corrected chi connectivity index (χ3v) is 3.44. The summed E-state index contributed by atoms with van der Waals surface area (Å²) in [6.07, 6.45) is -1.47. The van der Waals surface area contributed by atoms with Crippen LogP contribution in [-0.2, 0) is 0 Å². The van der Waals surface area contributed by atoms with Crippen LogP contribution >= 0.6 is 0 Å². The van der Waals surface area contributed by atoms with Crippen LogP contribution in [-0.4, -0.2) is 61.4 Å². The van der Waals surface area contributed by atoms with Crippen LogP contribution in [0, 0.1) is 10.1 Å². The predicted octanol–water partition coefficient (Wildman–Crippen LogP) is 1.19. The number of nitrogens with zero attached hydrogens (tertiary/aromatic N) is 3. The van der Waals surface area contributed by atoms with Gasteiger partial charge in [0.2, 0.25) is 0 Å². The van der Waals surface area contributed by atoms with Crippen molar-refractivity contribution in [3.63, 3.8) is 0 Å². The van der Waals surface area contributed by atoms with Gasteiger partial charge in [-0.15, -0.1) is 0 Å². The molecule has 0 saturated heterocycles. The first kappa shape index (κ1) is 18.6. The SMILES string of the molecule is CC(O)CN(CC(C)O)C(=O)c1cc(-c2ccc([N+](=O)[O-])cc2)n[nH]1. The number of rotatable bonds is 7. The van der Waals surface area contributed by atoms with E-state index in [1.54, 1.807) is 26.0 Å². The molecule has 0 aliphatic rings. The summed E-state index contributed by atoms with van der Waals surface area (Å²) in [6, 6.07) is 7.34. The Balaban J connectivity index is 2.20. The number of benzene rings is 1. The van der Waals surface area contributed by atoms with E-state index in [9.17, 15) is 25.1 Å². The fraction of sp³-hybridized carbons (Fsp3) is 0.375. The maximum Gasteiger partial charge on any atom is 0.272 e. The lowest BCUT2D eigenvalue weighted by molar-refractivity contribution is -0.384. The highest BCUT2D eigenvalue weighted by molar-refractivity contribution is 5.93. The molecule has 2 rings (SSSR count). The minimum atomic E-state index is -0.736. The molecular weight excluding hydrogens is 328 g/mol. The molecular formula is C16H20N4O5. The number of hydrogen-bond acceptors (Lipinski definition) is 6. The smallest absolute Gasteiger partial charge is 0.272 e. The quantitative estimate of drug-likeness (QED) is 0.508. The third kappa shape index (κ3) is 4.85. The molecule has 134 valence electrons. The molecule has 25 heavy (non-hydrogen) atoms. The van der Waals surface area contributed by atoms with Crippen LogP contribution in [0.15, 0.2) is 30.3 Å². The Labute approximate surface area is 144 Å². The van der Waals surface area contributed by atoms with Gasteiger partial charge >= 0.3 is 0 Å². The first-order valence-corrected chi connectivity index (χ1v) is 7.73. The molecule has 0 aliphatic heterocycles. The summed E-state index contributed by atoms with van der Waals surface area (Å²) in [5.74, 6) is -0.400. The van der Waals surface area contributed by atoms with Crippen LogP contribution < -0.4 is 0 Å². The number of aromatic nitrogens is 2. The number of H-pyrrole nitrogens is 1. The zero-order valence-corrected chi connectivity index (χ0v) is 13.9. The molecule has 2 aromatic rings. The summed E-state index contributed by atoms with van der Waals surface area (Å²) in [5.41, 5.74) is 1.26. The van der Waals surface area contributed by atoms with E-state index in [1.807, 2.05) is 0 Å². The van der Waals surface area contributed by atoms with Gasteiger partial charge in [0.1, 0.15) is 5.69 Å². The van der Waals surface area contributed by atoms with Crippen molar-refractivity contribution in [3.8, 4) is 11.3 Å². The summed E-state index contributed by atoms with van der Waals surface area (Å²) in [5, 5.41) is 36.4. The van der Waals surface area contributed by atoms with Crippen molar-refractivity contribution in [3.05, 3.63) is 46.1 Å². The Kier molecular flexibility index (Phi) is 5.84. The van der Waals surface area contributed by atoms with Crippen LogP contribution in [0.25, 0.3) is 11.3 Å². The molecule has 3 N–H and O–H groups in total. The normalized spacial score (nSPS) is 13.3. The molecule has 9 nitrogen and oxygen atoms in total. The highest BCUT2D eigenvalue weighted by Crippen LogP contribution is 2.21. The summed E-state index contributed by atoms with van der Waals surface area (Å²) in [4.78, 5) is 24.1. The lowest BCUT2D eigenvalue weighted by atomic mass is 10.1. The average molecular weight is 348 g/mol. The molecule has 2 atom stereocenters. The molecule has 0 bridgehead atoms. The van der Waals surface area contributed by atoms with E-state index in [-0.39, 0.29) is 24.5 Å². The summed E-state index contributed by atoms with van der Waals surface area (Å²) in [6.45, 7) is 3.26. The second-order valence-corrected chi connectivity index (χ2v) is 5.88. The number of aromatic amines is 1. The molecule has 0 saturated carbocycles. The van der Waals surface area contributed by atoms with Gasteiger partial charge in [-0.1, -0.05) is 0 Å². The third-order valence-electron chi connectivity index (χ3n) is 3.44. The maximum atomic E-state index is 12.5. The molecule has 1 heterocycles. The van der Waals surface area contributed by atoms with E-state index in [0.717, 1.165) is 0 Å². The van der Waals surface area contributed by atoms with Gasteiger partial charge in [0.05, 0.1) is 22.8 Å². The molecule has 1 aromatic carbocycles. The Morgan fingerprint density at radius 1 is 1.24 bits per heavy atom. The molecule has 2 unspecified atom stereocenters. The molecule has 1 amide bonds. The molecule has 0 fully saturated rings. The van der Waals surface area contributed by atoms with Gasteiger partial charge in [-0.05, 0) is 32.0 Å². The number of carbonyl (C=O) groups is 1. The van der Waals surface area contributed by atoms with Crippen molar-refractivity contribution < 1.29 is 19.9 Å². The molecule has 1 aromatic heterocycles. The second kappa shape index (κ2) is 7.86. The zero-order chi connectivity index (χ0) is 18.6. The second-order valence-electron chi connectivity index (χ2n) is 5.88. The van der Waals surface area contributed by atoms with Crippen molar-refractivity contribution in [1.29, 1.82) is 0 Å². The number of nitro groups is 1. The van der Waals surface area contributed by atoms with Crippen molar-refractivity contribution in [2.45, 2.75) is 26.1 Å². The minimum absolute atomic E-state index is 0.0318. The summed E-state index contributed by atoms with van der Waals surface area (Å²) >= 11 is 0. The van der Waals surface area contributed by atoms with Crippen molar-refractivity contribution >= 4 is 11.6 Å². The van der Waals surface area contributed by atoms with Crippen molar-refractivity contribution in [1.82, 2.24) is 15.1 Å². The maximum absolute atomic E-state index is 12.5. The Bertz CT molecular complexity index is 729. The topological polar surface area (TPSA) is 133 Å². The standard InChI is InChI=1S/C16H20N4O5/c1-10(21)8-19(9-11(2)22)16(23)15-7-14(17-18-15)12-3-5-13(6-4-12)20(24)25/h3-7,10-11,21-22H,8-9H2,1-2H3,(H,17,18). The number of hydrogen-bond donors (Lipinski definition) is 3. The number of non-ortho nitro benzene ring substituents is 1. The fourth-order valence-corrected chi connectivity index (χ4v) is 2.38. The van der Waals surface area contributed by atoms with Gasteiger partial charge in [0.25, 0.3) is 11.6 Å². The van der Waals surface area contributed by atoms with Gasteiger partial charge in [-0.2, -0.15) is 5.10 Å². The predicted molar refractivity (Wildman–Crippen MR) is 89.9 cm³/mol. The molecule has 0 spiro atoms. The van der Waals surface area contributed by atoms with Crippen LogP contribution in [0.5, 0.6) is 0 Å². The van der Waals surface area contributed by atoms with E-state index in [2.05, 4.69) is 10.2 Å². The van der Waals surface area contributed by atoms with E-state index in [1.165, 1.54) is 23.1 Å². The molecule has 9 heteroatoms. The lowest BCUT2D eigenvalue weighted by Gasteiger charge is -2.24. The number of carbonyl (C=O) groups excluding carboxylic acids is 1. The zero-order valence-electron chi connectivity index (χ0n) is 13.9. The summed E-state index contributed by atoms with van der Waals surface area (Å²) < 4.78 is 0. The lowest BCUT2D eigenvalue weighted by Crippen LogP contribution is -2.41. The Morgan fingerprint density at radius 3 is 2.28 bits per heavy atom. The summed E-state index contributed by atoms with van der Waals surface area (Å²) in [7, 11) is 0. The number of nitro benzene ring substituents is 1. The monoisotopic (exact) mass is 348 g/mol. The first-order chi connectivity index (χ1) is 11.8. The van der Waals surface area contributed by atoms with Gasteiger partial charge < -0.3 is 15.1 Å². The number of amides is 1. The van der Waals surface area contributed by atoms with Crippen LogP contribution in [0.1, 0.15) is 24.3 Å². The molecule has 0 radical (unpaired) electrons. The van der Waals surface area contributed by atoms with E-state index < -0.39 is 23.0 Å². The van der Waals surface area contributed by atoms with Crippen LogP contribution in [0.2, 0.25) is 0 Å². The van der Waals surface area contributed by atoms with Crippen LogP contribution in [0.4, 0.5) is 5.69 Å². The molecule has 0 aliphatic carbocycles. The van der Waals surface area contributed by atoms with Gasteiger partial charge in [0.15, 0.2) is 0 Å².